The van der Waals surface area contributed by atoms with Gasteiger partial charge < -0.3 is 10.0 Å². The molecule has 110 valence electrons. The molecule has 0 fully saturated rings. The Labute approximate surface area is 119 Å². The van der Waals surface area contributed by atoms with Gasteiger partial charge in [-0.15, -0.1) is 0 Å². The van der Waals surface area contributed by atoms with E-state index in [-0.39, 0.29) is 0 Å². The number of halogens is 1. The van der Waals surface area contributed by atoms with E-state index in [0.717, 1.165) is 31.1 Å². The van der Waals surface area contributed by atoms with Crippen molar-refractivity contribution in [3.05, 3.63) is 41.2 Å². The van der Waals surface area contributed by atoms with Gasteiger partial charge in [-0.2, -0.15) is 0 Å². The van der Waals surface area contributed by atoms with E-state index in [2.05, 4.69) is 18.7 Å². The molecule has 1 aromatic carbocycles. The average molecular weight is 279 g/mol. The van der Waals surface area contributed by atoms with E-state index in [1.807, 2.05) is 7.05 Å². The van der Waals surface area contributed by atoms with Crippen molar-refractivity contribution in [1.82, 2.24) is 4.90 Å². The van der Waals surface area contributed by atoms with E-state index in [0.29, 0.717) is 11.5 Å². The van der Waals surface area contributed by atoms with Crippen molar-refractivity contribution in [3.8, 4) is 0 Å². The molecular weight excluding hydrogens is 257 g/mol. The maximum Gasteiger partial charge on any atom is 0.328 e. The van der Waals surface area contributed by atoms with Crippen LogP contribution in [0.25, 0.3) is 6.08 Å². The van der Waals surface area contributed by atoms with E-state index >= 15 is 0 Å². The molecule has 0 atom stereocenters. The minimum Gasteiger partial charge on any atom is -0.478 e. The second-order valence-corrected chi connectivity index (χ2v) is 5.45. The van der Waals surface area contributed by atoms with Crippen molar-refractivity contribution >= 4 is 12.0 Å². The molecule has 3 nitrogen and oxygen atoms in total. The van der Waals surface area contributed by atoms with E-state index in [4.69, 9.17) is 5.11 Å². The summed E-state index contributed by atoms with van der Waals surface area (Å²) in [4.78, 5) is 12.7. The highest BCUT2D eigenvalue weighted by atomic mass is 19.1. The van der Waals surface area contributed by atoms with Gasteiger partial charge in [0.1, 0.15) is 5.82 Å². The molecule has 20 heavy (non-hydrogen) atoms. The topological polar surface area (TPSA) is 40.5 Å². The number of nitrogens with zero attached hydrogens (tertiary/aromatic N) is 1. The highest BCUT2D eigenvalue weighted by Gasteiger charge is 2.05. The van der Waals surface area contributed by atoms with Gasteiger partial charge in [-0.3, -0.25) is 0 Å². The van der Waals surface area contributed by atoms with Crippen LogP contribution >= 0.6 is 0 Å². The lowest BCUT2D eigenvalue weighted by molar-refractivity contribution is -0.131. The fourth-order valence-electron chi connectivity index (χ4n) is 1.85. The van der Waals surface area contributed by atoms with Gasteiger partial charge in [0.05, 0.1) is 0 Å². The third-order valence-corrected chi connectivity index (χ3v) is 3.01. The summed E-state index contributed by atoms with van der Waals surface area (Å²) in [6.07, 6.45) is 3.35. The molecule has 0 aliphatic carbocycles. The van der Waals surface area contributed by atoms with E-state index in [9.17, 15) is 9.18 Å². The van der Waals surface area contributed by atoms with Gasteiger partial charge in [-0.1, -0.05) is 19.9 Å². The summed E-state index contributed by atoms with van der Waals surface area (Å²) in [6.45, 7) is 6.07. The summed E-state index contributed by atoms with van der Waals surface area (Å²) in [5.74, 6) is -0.834. The SMILES string of the molecule is CC(C)CCN(C)Cc1ccc(F)c(C=CC(=O)O)c1. The fraction of sp³-hybridized carbons (Fsp3) is 0.438. The summed E-state index contributed by atoms with van der Waals surface area (Å²) in [5.41, 5.74) is 1.28. The zero-order valence-corrected chi connectivity index (χ0v) is 12.3. The van der Waals surface area contributed by atoms with Gasteiger partial charge in [0.25, 0.3) is 0 Å². The minimum atomic E-state index is -1.08. The van der Waals surface area contributed by atoms with Crippen LogP contribution in [0.2, 0.25) is 0 Å². The van der Waals surface area contributed by atoms with E-state index < -0.39 is 11.8 Å². The molecule has 0 saturated heterocycles. The molecule has 0 saturated carbocycles. The number of carboxylic acids is 1. The van der Waals surface area contributed by atoms with Gasteiger partial charge >= 0.3 is 5.97 Å². The van der Waals surface area contributed by atoms with Gasteiger partial charge in [0, 0.05) is 18.2 Å². The molecule has 0 heterocycles. The quantitative estimate of drug-likeness (QED) is 0.778. The normalized spacial score (nSPS) is 11.7. The van der Waals surface area contributed by atoms with Gasteiger partial charge in [-0.05, 0) is 49.7 Å². The molecule has 0 unspecified atom stereocenters. The molecule has 0 amide bonds. The minimum absolute atomic E-state index is 0.308. The molecule has 0 aliphatic heterocycles. The summed E-state index contributed by atoms with van der Waals surface area (Å²) in [5, 5.41) is 8.58. The lowest BCUT2D eigenvalue weighted by Crippen LogP contribution is -2.20. The number of carbonyl (C=O) groups is 1. The molecule has 1 rings (SSSR count). The van der Waals surface area contributed by atoms with Crippen LogP contribution in [0.3, 0.4) is 0 Å². The van der Waals surface area contributed by atoms with Crippen molar-refractivity contribution < 1.29 is 14.3 Å². The largest absolute Gasteiger partial charge is 0.478 e. The van der Waals surface area contributed by atoms with Crippen LogP contribution in [0, 0.1) is 11.7 Å². The zero-order chi connectivity index (χ0) is 15.1. The Bertz CT molecular complexity index is 483. The molecule has 0 aliphatic rings. The lowest BCUT2D eigenvalue weighted by Gasteiger charge is -2.18. The number of aliphatic carboxylic acids is 1. The van der Waals surface area contributed by atoms with Gasteiger partial charge in [0.2, 0.25) is 0 Å². The molecule has 0 bridgehead atoms. The Kier molecular flexibility index (Phi) is 6.39. The maximum atomic E-state index is 13.6. The molecule has 0 aromatic heterocycles. The number of benzene rings is 1. The fourth-order valence-corrected chi connectivity index (χ4v) is 1.85. The third-order valence-electron chi connectivity index (χ3n) is 3.01. The molecule has 0 spiro atoms. The Morgan fingerprint density at radius 3 is 2.75 bits per heavy atom. The number of rotatable bonds is 7. The molecular formula is C16H22FNO2. The van der Waals surface area contributed by atoms with Crippen LogP contribution in [-0.2, 0) is 11.3 Å². The molecule has 1 aromatic rings. The highest BCUT2D eigenvalue weighted by molar-refractivity contribution is 5.85. The molecule has 4 heteroatoms. The van der Waals surface area contributed by atoms with Crippen molar-refractivity contribution in [2.75, 3.05) is 13.6 Å². The van der Waals surface area contributed by atoms with E-state index in [1.54, 1.807) is 12.1 Å². The van der Waals surface area contributed by atoms with Crippen LogP contribution in [0.4, 0.5) is 4.39 Å². The van der Waals surface area contributed by atoms with Crippen molar-refractivity contribution in [2.45, 2.75) is 26.8 Å². The summed E-state index contributed by atoms with van der Waals surface area (Å²) >= 11 is 0. The van der Waals surface area contributed by atoms with Crippen LogP contribution in [0.5, 0.6) is 0 Å². The lowest BCUT2D eigenvalue weighted by atomic mass is 10.1. The van der Waals surface area contributed by atoms with Crippen LogP contribution in [0.15, 0.2) is 24.3 Å². The Balaban J connectivity index is 2.72. The first-order valence-corrected chi connectivity index (χ1v) is 6.76. The van der Waals surface area contributed by atoms with Crippen LogP contribution in [-0.4, -0.2) is 29.6 Å². The van der Waals surface area contributed by atoms with Crippen molar-refractivity contribution in [3.63, 3.8) is 0 Å². The predicted octanol–water partition coefficient (Wildman–Crippen LogP) is 3.40. The first kappa shape index (κ1) is 16.4. The summed E-state index contributed by atoms with van der Waals surface area (Å²) in [7, 11) is 2.03. The Morgan fingerprint density at radius 2 is 2.15 bits per heavy atom. The monoisotopic (exact) mass is 279 g/mol. The number of hydrogen-bond acceptors (Lipinski definition) is 2. The van der Waals surface area contributed by atoms with Crippen LogP contribution in [0.1, 0.15) is 31.4 Å². The van der Waals surface area contributed by atoms with Crippen molar-refractivity contribution in [1.29, 1.82) is 0 Å². The maximum absolute atomic E-state index is 13.6. The number of hydrogen-bond donors (Lipinski definition) is 1. The average Bonchev–Trinajstić information content (AvgIpc) is 2.37. The standard InChI is InChI=1S/C16H22FNO2/c1-12(2)8-9-18(3)11-13-4-6-15(17)14(10-13)5-7-16(19)20/h4-7,10,12H,8-9,11H2,1-3H3,(H,19,20). The summed E-state index contributed by atoms with van der Waals surface area (Å²) < 4.78 is 13.6. The van der Waals surface area contributed by atoms with E-state index in [1.165, 1.54) is 12.1 Å². The third kappa shape index (κ3) is 5.97. The van der Waals surface area contributed by atoms with Gasteiger partial charge in [0.15, 0.2) is 0 Å². The smallest absolute Gasteiger partial charge is 0.328 e. The second-order valence-electron chi connectivity index (χ2n) is 5.45. The highest BCUT2D eigenvalue weighted by Crippen LogP contribution is 2.14. The number of carboxylic acid groups (broad SMARTS) is 1. The zero-order valence-electron chi connectivity index (χ0n) is 12.3. The summed E-state index contributed by atoms with van der Waals surface area (Å²) in [6, 6.07) is 4.81. The first-order chi connectivity index (χ1) is 9.38. The molecule has 0 radical (unpaired) electrons. The Hall–Kier alpha value is -1.68. The van der Waals surface area contributed by atoms with Gasteiger partial charge in [-0.25, -0.2) is 9.18 Å². The van der Waals surface area contributed by atoms with Crippen LogP contribution < -0.4 is 0 Å². The predicted molar refractivity (Wildman–Crippen MR) is 78.9 cm³/mol. The Morgan fingerprint density at radius 1 is 1.45 bits per heavy atom. The second kappa shape index (κ2) is 7.80. The molecule has 1 N–H and O–H groups in total. The van der Waals surface area contributed by atoms with Crippen molar-refractivity contribution in [2.24, 2.45) is 5.92 Å². The first-order valence-electron chi connectivity index (χ1n) is 6.76.